The molecule has 120 valence electrons. The second-order valence-corrected chi connectivity index (χ2v) is 6.08. The molecule has 20 heavy (non-hydrogen) atoms. The fraction of sp³-hybridized carbons (Fsp3) is 0.938. The van der Waals surface area contributed by atoms with Gasteiger partial charge in [0, 0.05) is 0 Å². The van der Waals surface area contributed by atoms with Crippen molar-refractivity contribution in [3.63, 3.8) is 0 Å². The maximum Gasteiger partial charge on any atom is 0.359 e. The molecule has 4 heteroatoms. The number of alkyl halides is 1. The van der Waals surface area contributed by atoms with Crippen molar-refractivity contribution < 1.29 is 14.9 Å². The first kappa shape index (κ1) is 19.7. The topological polar surface area (TPSA) is 46.5 Å². The molecule has 0 aromatic carbocycles. The van der Waals surface area contributed by atoms with Gasteiger partial charge in [-0.25, -0.2) is 4.79 Å². The van der Waals surface area contributed by atoms with E-state index in [1.807, 2.05) is 0 Å². The third kappa shape index (κ3) is 12.7. The van der Waals surface area contributed by atoms with Crippen LogP contribution in [0.5, 0.6) is 0 Å². The second kappa shape index (κ2) is 15.1. The molecule has 1 atom stereocenters. The minimum Gasteiger partial charge on any atom is -0.299 e. The summed E-state index contributed by atoms with van der Waals surface area (Å²) < 4.78 is 0. The van der Waals surface area contributed by atoms with Crippen molar-refractivity contribution in [3.05, 3.63) is 0 Å². The van der Waals surface area contributed by atoms with Crippen LogP contribution in [0.1, 0.15) is 90.4 Å². The molecular formula is C16H31ClO3. The third-order valence-corrected chi connectivity index (χ3v) is 4.05. The zero-order chi connectivity index (χ0) is 15.1. The van der Waals surface area contributed by atoms with E-state index >= 15 is 0 Å². The van der Waals surface area contributed by atoms with Gasteiger partial charge in [-0.3, -0.25) is 4.89 Å². The summed E-state index contributed by atoms with van der Waals surface area (Å²) in [6.07, 6.45) is 16.0. The Morgan fingerprint density at radius 2 is 1.30 bits per heavy atom. The molecule has 0 spiro atoms. The molecule has 0 amide bonds. The molecule has 0 aliphatic heterocycles. The summed E-state index contributed by atoms with van der Waals surface area (Å²) >= 11 is 5.73. The van der Waals surface area contributed by atoms with Crippen LogP contribution in [-0.2, 0) is 9.68 Å². The van der Waals surface area contributed by atoms with E-state index in [-0.39, 0.29) is 0 Å². The Balaban J connectivity index is 3.11. The Morgan fingerprint density at radius 3 is 1.70 bits per heavy atom. The Bertz CT molecular complexity index is 222. The van der Waals surface area contributed by atoms with E-state index in [1.165, 1.54) is 64.2 Å². The van der Waals surface area contributed by atoms with Gasteiger partial charge < -0.3 is 0 Å². The Morgan fingerprint density at radius 1 is 0.900 bits per heavy atom. The normalized spacial score (nSPS) is 12.3. The van der Waals surface area contributed by atoms with Crippen LogP contribution in [-0.4, -0.2) is 16.6 Å². The van der Waals surface area contributed by atoms with Gasteiger partial charge in [-0.1, -0.05) is 84.0 Å². The van der Waals surface area contributed by atoms with Crippen molar-refractivity contribution in [2.24, 2.45) is 0 Å². The van der Waals surface area contributed by atoms with Gasteiger partial charge in [0.2, 0.25) is 0 Å². The van der Waals surface area contributed by atoms with Gasteiger partial charge in [-0.05, 0) is 6.42 Å². The summed E-state index contributed by atoms with van der Waals surface area (Å²) in [5.74, 6) is -0.741. The van der Waals surface area contributed by atoms with Crippen molar-refractivity contribution in [1.82, 2.24) is 0 Å². The van der Waals surface area contributed by atoms with E-state index in [0.717, 1.165) is 12.8 Å². The monoisotopic (exact) mass is 306 g/mol. The molecular weight excluding hydrogens is 276 g/mol. The zero-order valence-electron chi connectivity index (χ0n) is 12.9. The summed E-state index contributed by atoms with van der Waals surface area (Å²) in [5.41, 5.74) is 0. The quantitative estimate of drug-likeness (QED) is 0.194. The summed E-state index contributed by atoms with van der Waals surface area (Å²) in [7, 11) is 0. The fourth-order valence-corrected chi connectivity index (χ4v) is 2.53. The predicted octanol–water partition coefficient (Wildman–Crippen LogP) is 5.70. The minimum atomic E-state index is -0.741. The van der Waals surface area contributed by atoms with Gasteiger partial charge in [0.1, 0.15) is 5.38 Å². The lowest BCUT2D eigenvalue weighted by atomic mass is 10.0. The largest absolute Gasteiger partial charge is 0.359 e. The third-order valence-electron chi connectivity index (χ3n) is 3.66. The molecule has 0 aliphatic rings. The van der Waals surface area contributed by atoms with Crippen molar-refractivity contribution in [3.8, 4) is 0 Å². The van der Waals surface area contributed by atoms with Gasteiger partial charge in [-0.2, -0.15) is 5.26 Å². The molecule has 0 fully saturated rings. The van der Waals surface area contributed by atoms with E-state index in [1.54, 1.807) is 0 Å². The standard InChI is InChI=1S/C16H31ClO3/c1-2-3-4-5-6-7-8-9-10-11-12-13-14-15(17)16(18)20-19/h15,19H,2-14H2,1H3. The van der Waals surface area contributed by atoms with Crippen LogP contribution >= 0.6 is 11.6 Å². The molecule has 0 aromatic heterocycles. The summed E-state index contributed by atoms with van der Waals surface area (Å²) in [5, 5.41) is 7.46. The van der Waals surface area contributed by atoms with Crippen molar-refractivity contribution in [2.45, 2.75) is 95.8 Å². The molecule has 0 bridgehead atoms. The maximum atomic E-state index is 10.8. The van der Waals surface area contributed by atoms with Gasteiger partial charge >= 0.3 is 5.97 Å². The number of carbonyl (C=O) groups excluding carboxylic acids is 1. The lowest BCUT2D eigenvalue weighted by molar-refractivity contribution is -0.233. The fourth-order valence-electron chi connectivity index (χ4n) is 2.34. The average Bonchev–Trinajstić information content (AvgIpc) is 2.47. The number of hydrogen-bond acceptors (Lipinski definition) is 3. The van der Waals surface area contributed by atoms with Crippen molar-refractivity contribution in [1.29, 1.82) is 0 Å². The molecule has 0 rings (SSSR count). The highest BCUT2D eigenvalue weighted by Gasteiger charge is 2.15. The number of unbranched alkanes of at least 4 members (excludes halogenated alkanes) is 11. The Hall–Kier alpha value is -0.280. The first-order chi connectivity index (χ1) is 9.72. The molecule has 0 heterocycles. The van der Waals surface area contributed by atoms with Crippen LogP contribution in [0, 0.1) is 0 Å². The van der Waals surface area contributed by atoms with Gasteiger partial charge in [0.15, 0.2) is 0 Å². The summed E-state index contributed by atoms with van der Waals surface area (Å²) in [6.45, 7) is 2.25. The molecule has 0 saturated heterocycles. The van der Waals surface area contributed by atoms with E-state index in [4.69, 9.17) is 16.9 Å². The highest BCUT2D eigenvalue weighted by atomic mass is 35.5. The Labute approximate surface area is 129 Å². The van der Waals surface area contributed by atoms with Crippen LogP contribution in [0.15, 0.2) is 0 Å². The molecule has 0 radical (unpaired) electrons. The Kier molecular flexibility index (Phi) is 14.9. The van der Waals surface area contributed by atoms with Crippen molar-refractivity contribution >= 4 is 17.6 Å². The van der Waals surface area contributed by atoms with Crippen LogP contribution in [0.3, 0.4) is 0 Å². The maximum absolute atomic E-state index is 10.8. The highest BCUT2D eigenvalue weighted by molar-refractivity contribution is 6.29. The highest BCUT2D eigenvalue weighted by Crippen LogP contribution is 2.14. The molecule has 3 nitrogen and oxygen atoms in total. The lowest BCUT2D eigenvalue weighted by Gasteiger charge is -2.05. The molecule has 0 aromatic rings. The molecule has 0 saturated carbocycles. The van der Waals surface area contributed by atoms with Crippen LogP contribution in [0.25, 0.3) is 0 Å². The van der Waals surface area contributed by atoms with Gasteiger partial charge in [-0.15, -0.1) is 11.6 Å². The van der Waals surface area contributed by atoms with Gasteiger partial charge in [0.05, 0.1) is 0 Å². The van der Waals surface area contributed by atoms with E-state index in [2.05, 4.69) is 11.8 Å². The van der Waals surface area contributed by atoms with Gasteiger partial charge in [0.25, 0.3) is 0 Å². The number of hydrogen-bond donors (Lipinski definition) is 1. The van der Waals surface area contributed by atoms with E-state index in [0.29, 0.717) is 6.42 Å². The summed E-state index contributed by atoms with van der Waals surface area (Å²) in [6, 6.07) is 0. The first-order valence-electron chi connectivity index (χ1n) is 8.21. The molecule has 1 N–H and O–H groups in total. The lowest BCUT2D eigenvalue weighted by Crippen LogP contribution is -2.15. The number of halogens is 1. The first-order valence-corrected chi connectivity index (χ1v) is 8.65. The predicted molar refractivity (Wildman–Crippen MR) is 84.1 cm³/mol. The zero-order valence-corrected chi connectivity index (χ0v) is 13.7. The molecule has 0 aliphatic carbocycles. The van der Waals surface area contributed by atoms with Crippen LogP contribution in [0.4, 0.5) is 0 Å². The van der Waals surface area contributed by atoms with Crippen molar-refractivity contribution in [2.75, 3.05) is 0 Å². The summed E-state index contributed by atoms with van der Waals surface area (Å²) in [4.78, 5) is 14.4. The van der Waals surface area contributed by atoms with Crippen LogP contribution in [0.2, 0.25) is 0 Å². The number of carbonyl (C=O) groups is 1. The van der Waals surface area contributed by atoms with Crippen LogP contribution < -0.4 is 0 Å². The molecule has 1 unspecified atom stereocenters. The minimum absolute atomic E-state index is 0.582. The smallest absolute Gasteiger partial charge is 0.299 e. The average molecular weight is 307 g/mol. The van der Waals surface area contributed by atoms with E-state index in [9.17, 15) is 4.79 Å². The van der Waals surface area contributed by atoms with E-state index < -0.39 is 11.3 Å². The second-order valence-electron chi connectivity index (χ2n) is 5.56. The SMILES string of the molecule is CCCCCCCCCCCCCCC(Cl)C(=O)OO. The number of rotatable bonds is 14.